The van der Waals surface area contributed by atoms with Gasteiger partial charge in [-0.1, -0.05) is 23.5 Å². The number of alkyl halides is 3. The van der Waals surface area contributed by atoms with Crippen LogP contribution in [-0.2, 0) is 23.0 Å². The topological polar surface area (TPSA) is 88.4 Å². The van der Waals surface area contributed by atoms with Crippen LogP contribution >= 0.6 is 11.3 Å². The number of halogens is 3. The van der Waals surface area contributed by atoms with E-state index < -0.39 is 17.3 Å². The number of carbonyl (C=O) groups excluding carboxylic acids is 1. The molecule has 0 aliphatic carbocycles. The number of fused-ring (bicyclic) bond motifs is 1. The molecule has 0 saturated carbocycles. The molecule has 0 unspecified atom stereocenters. The minimum Gasteiger partial charge on any atom is -0.479 e. The van der Waals surface area contributed by atoms with Crippen molar-refractivity contribution in [2.75, 3.05) is 20.2 Å². The van der Waals surface area contributed by atoms with E-state index in [1.807, 2.05) is 0 Å². The maximum Gasteiger partial charge on any atom is 0.416 e. The summed E-state index contributed by atoms with van der Waals surface area (Å²) in [7, 11) is 1.48. The van der Waals surface area contributed by atoms with Gasteiger partial charge in [-0.15, -0.1) is 0 Å². The van der Waals surface area contributed by atoms with Crippen LogP contribution in [0.25, 0.3) is 10.3 Å². The van der Waals surface area contributed by atoms with Crippen LogP contribution in [0, 0.1) is 0 Å². The van der Waals surface area contributed by atoms with Crippen molar-refractivity contribution in [1.82, 2.24) is 19.9 Å². The largest absolute Gasteiger partial charge is 0.479 e. The molecular formula is C20H19F3N4O3S. The van der Waals surface area contributed by atoms with E-state index >= 15 is 0 Å². The Kier molecular flexibility index (Phi) is 5.56. The molecule has 0 spiro atoms. The zero-order valence-electron chi connectivity index (χ0n) is 16.5. The summed E-state index contributed by atoms with van der Waals surface area (Å²) in [5, 5.41) is 11.5. The number of thiazole rings is 1. The molecule has 0 bridgehead atoms. The highest BCUT2D eigenvalue weighted by molar-refractivity contribution is 7.18. The molecule has 1 aromatic carbocycles. The summed E-state index contributed by atoms with van der Waals surface area (Å²) in [6.45, 7) is 0.471. The van der Waals surface area contributed by atoms with E-state index in [9.17, 15) is 23.1 Å². The van der Waals surface area contributed by atoms with E-state index in [-0.39, 0.29) is 43.8 Å². The third-order valence-electron chi connectivity index (χ3n) is 5.37. The first-order valence-corrected chi connectivity index (χ1v) is 10.3. The smallest absolute Gasteiger partial charge is 0.416 e. The molecule has 4 rings (SSSR count). The monoisotopic (exact) mass is 452 g/mol. The van der Waals surface area contributed by atoms with Crippen molar-refractivity contribution in [1.29, 1.82) is 0 Å². The Morgan fingerprint density at radius 2 is 2.03 bits per heavy atom. The molecule has 3 heterocycles. The van der Waals surface area contributed by atoms with E-state index in [1.165, 1.54) is 36.9 Å². The van der Waals surface area contributed by atoms with Gasteiger partial charge in [0, 0.05) is 13.1 Å². The number of aromatic nitrogens is 3. The number of amides is 1. The van der Waals surface area contributed by atoms with Crippen LogP contribution in [-0.4, -0.2) is 51.1 Å². The summed E-state index contributed by atoms with van der Waals surface area (Å²) in [6.07, 6.45) is -2.75. The molecule has 1 N–H and O–H groups in total. The first kappa shape index (κ1) is 21.4. The fraction of sp³-hybridized carbons (Fsp3) is 0.400. The molecule has 0 radical (unpaired) electrons. The van der Waals surface area contributed by atoms with Crippen LogP contribution in [0.15, 0.2) is 30.6 Å². The van der Waals surface area contributed by atoms with Crippen molar-refractivity contribution in [3.63, 3.8) is 0 Å². The molecule has 1 amide bonds. The highest BCUT2D eigenvalue weighted by atomic mass is 32.1. The van der Waals surface area contributed by atoms with Gasteiger partial charge in [-0.25, -0.2) is 9.97 Å². The highest BCUT2D eigenvalue weighted by Gasteiger charge is 2.38. The zero-order valence-corrected chi connectivity index (χ0v) is 17.3. The number of benzene rings is 1. The van der Waals surface area contributed by atoms with Gasteiger partial charge >= 0.3 is 6.18 Å². The van der Waals surface area contributed by atoms with Crippen LogP contribution in [0.3, 0.4) is 0 Å². The first-order valence-electron chi connectivity index (χ1n) is 9.52. The lowest BCUT2D eigenvalue weighted by Crippen LogP contribution is -2.45. The standard InChI is InChI=1S/C20H19F3N4O3S/c1-30-17-16-18(25-11-24-17)31-14(26-16)10-15(28)27-7-5-19(29,6-8-27)12-3-2-4-13(9-12)20(21,22)23/h2-4,9,11,29H,5-8,10H2,1H3. The van der Waals surface area contributed by atoms with Crippen LogP contribution in [0.5, 0.6) is 5.88 Å². The van der Waals surface area contributed by atoms with E-state index in [0.717, 1.165) is 12.1 Å². The Labute approximate surface area is 179 Å². The predicted molar refractivity (Wildman–Crippen MR) is 107 cm³/mol. The molecule has 164 valence electrons. The Hall–Kier alpha value is -2.79. The van der Waals surface area contributed by atoms with Crippen molar-refractivity contribution < 1.29 is 27.8 Å². The third kappa shape index (κ3) is 4.33. The van der Waals surface area contributed by atoms with Gasteiger partial charge in [0.15, 0.2) is 10.3 Å². The van der Waals surface area contributed by atoms with Gasteiger partial charge in [0.2, 0.25) is 11.8 Å². The van der Waals surface area contributed by atoms with Crippen LogP contribution in [0.4, 0.5) is 13.2 Å². The lowest BCUT2D eigenvalue weighted by Gasteiger charge is -2.38. The predicted octanol–water partition coefficient (Wildman–Crippen LogP) is 3.17. The fourth-order valence-electron chi connectivity index (χ4n) is 3.64. The molecule has 7 nitrogen and oxygen atoms in total. The van der Waals surface area contributed by atoms with Crippen molar-refractivity contribution in [2.45, 2.75) is 31.0 Å². The number of methoxy groups -OCH3 is 1. The van der Waals surface area contributed by atoms with Gasteiger partial charge in [0.05, 0.1) is 24.7 Å². The quantitative estimate of drug-likeness (QED) is 0.654. The SMILES string of the molecule is COc1ncnc2sc(CC(=O)N3CCC(O)(c4cccc(C(F)(F)F)c4)CC3)nc12. The second-order valence-corrected chi connectivity index (χ2v) is 8.37. The average molecular weight is 452 g/mol. The summed E-state index contributed by atoms with van der Waals surface area (Å²) in [5.74, 6) is 0.168. The average Bonchev–Trinajstić information content (AvgIpc) is 3.16. The van der Waals surface area contributed by atoms with Gasteiger partial charge in [0.25, 0.3) is 0 Å². The van der Waals surface area contributed by atoms with Crippen molar-refractivity contribution in [2.24, 2.45) is 0 Å². The maximum atomic E-state index is 13.0. The zero-order chi connectivity index (χ0) is 22.2. The number of piperidine rings is 1. The van der Waals surface area contributed by atoms with Crippen molar-refractivity contribution in [3.8, 4) is 5.88 Å². The molecule has 31 heavy (non-hydrogen) atoms. The van der Waals surface area contributed by atoms with Gasteiger partial charge in [0.1, 0.15) is 11.3 Å². The van der Waals surface area contributed by atoms with E-state index in [2.05, 4.69) is 15.0 Å². The van der Waals surface area contributed by atoms with Crippen molar-refractivity contribution in [3.05, 3.63) is 46.7 Å². The summed E-state index contributed by atoms with van der Waals surface area (Å²) >= 11 is 1.27. The number of aliphatic hydroxyl groups is 1. The van der Waals surface area contributed by atoms with E-state index in [0.29, 0.717) is 21.2 Å². The number of hydrogen-bond donors (Lipinski definition) is 1. The Morgan fingerprint density at radius 1 is 1.29 bits per heavy atom. The summed E-state index contributed by atoms with van der Waals surface area (Å²) in [4.78, 5) is 27.5. The second kappa shape index (κ2) is 8.04. The molecule has 1 aliphatic heterocycles. The lowest BCUT2D eigenvalue weighted by atomic mass is 9.83. The summed E-state index contributed by atoms with van der Waals surface area (Å²) < 4.78 is 44.2. The summed E-state index contributed by atoms with van der Waals surface area (Å²) in [6, 6.07) is 4.73. The molecule has 1 fully saturated rings. The molecule has 2 aromatic heterocycles. The highest BCUT2D eigenvalue weighted by Crippen LogP contribution is 2.37. The van der Waals surface area contributed by atoms with Crippen molar-refractivity contribution >= 4 is 27.6 Å². The van der Waals surface area contributed by atoms with Crippen LogP contribution < -0.4 is 4.74 Å². The lowest BCUT2D eigenvalue weighted by molar-refractivity contribution is -0.137. The number of rotatable bonds is 4. The molecule has 0 atom stereocenters. The Bertz CT molecular complexity index is 1110. The van der Waals surface area contributed by atoms with Gasteiger partial charge < -0.3 is 14.7 Å². The Morgan fingerprint density at radius 3 is 2.71 bits per heavy atom. The number of likely N-dealkylation sites (tertiary alicyclic amines) is 1. The normalized spacial score (nSPS) is 16.5. The number of nitrogens with zero attached hydrogens (tertiary/aromatic N) is 4. The van der Waals surface area contributed by atoms with Crippen LogP contribution in [0.1, 0.15) is 29.0 Å². The third-order valence-corrected chi connectivity index (χ3v) is 6.34. The number of ether oxygens (including phenoxy) is 1. The second-order valence-electron chi connectivity index (χ2n) is 7.31. The Balaban J connectivity index is 1.43. The van der Waals surface area contributed by atoms with E-state index in [4.69, 9.17) is 4.74 Å². The summed E-state index contributed by atoms with van der Waals surface area (Å²) in [5.41, 5.74) is -1.50. The molecule has 11 heteroatoms. The maximum absolute atomic E-state index is 13.0. The minimum atomic E-state index is -4.48. The number of hydrogen-bond acceptors (Lipinski definition) is 7. The van der Waals surface area contributed by atoms with Gasteiger partial charge in [-0.05, 0) is 30.5 Å². The fourth-order valence-corrected chi connectivity index (χ4v) is 4.53. The molecule has 3 aromatic rings. The van der Waals surface area contributed by atoms with Gasteiger partial charge in [-0.2, -0.15) is 18.2 Å². The molecular weight excluding hydrogens is 433 g/mol. The van der Waals surface area contributed by atoms with Crippen LogP contribution in [0.2, 0.25) is 0 Å². The molecule has 1 aliphatic rings. The minimum absolute atomic E-state index is 0.0617. The first-order chi connectivity index (χ1) is 14.7. The number of carbonyl (C=O) groups is 1. The molecule has 1 saturated heterocycles. The van der Waals surface area contributed by atoms with Gasteiger partial charge in [-0.3, -0.25) is 4.79 Å². The van der Waals surface area contributed by atoms with E-state index in [1.54, 1.807) is 4.90 Å².